The Morgan fingerprint density at radius 3 is 2.60 bits per heavy atom. The van der Waals surface area contributed by atoms with Crippen molar-refractivity contribution in [1.82, 2.24) is 5.32 Å². The fraction of sp³-hybridized carbons (Fsp3) is 0.267. The Hall–Kier alpha value is -1.85. The minimum Gasteiger partial charge on any atom is -0.497 e. The zero-order valence-corrected chi connectivity index (χ0v) is 12.2. The van der Waals surface area contributed by atoms with Gasteiger partial charge in [-0.3, -0.25) is 4.79 Å². The molecule has 0 bridgehead atoms. The van der Waals surface area contributed by atoms with Crippen LogP contribution in [-0.2, 0) is 0 Å². The quantitative estimate of drug-likeness (QED) is 0.890. The normalized spacial score (nSPS) is 11.9. The SMILES string of the molecule is COc1ccc(C(O)CNC(=O)c2sccc2C)cc1. The molecule has 0 fully saturated rings. The second kappa shape index (κ2) is 6.54. The van der Waals surface area contributed by atoms with Crippen LogP contribution in [0.5, 0.6) is 5.75 Å². The van der Waals surface area contributed by atoms with Gasteiger partial charge in [0.1, 0.15) is 5.75 Å². The Balaban J connectivity index is 1.93. The van der Waals surface area contributed by atoms with E-state index < -0.39 is 6.10 Å². The van der Waals surface area contributed by atoms with Gasteiger partial charge in [0.15, 0.2) is 0 Å². The molecule has 4 nitrogen and oxygen atoms in total. The number of benzene rings is 1. The van der Waals surface area contributed by atoms with E-state index in [9.17, 15) is 9.90 Å². The van der Waals surface area contributed by atoms with Gasteiger partial charge in [-0.25, -0.2) is 0 Å². The lowest BCUT2D eigenvalue weighted by Crippen LogP contribution is -2.28. The first kappa shape index (κ1) is 14.6. The number of hydrogen-bond donors (Lipinski definition) is 2. The van der Waals surface area contributed by atoms with Crippen molar-refractivity contribution >= 4 is 17.2 Å². The monoisotopic (exact) mass is 291 g/mol. The maximum absolute atomic E-state index is 11.9. The summed E-state index contributed by atoms with van der Waals surface area (Å²) in [5.41, 5.74) is 1.69. The van der Waals surface area contributed by atoms with Crippen LogP contribution in [0.3, 0.4) is 0 Å². The topological polar surface area (TPSA) is 58.6 Å². The maximum atomic E-state index is 11.9. The Bertz CT molecular complexity index is 577. The molecule has 1 heterocycles. The molecule has 106 valence electrons. The van der Waals surface area contributed by atoms with Crippen molar-refractivity contribution in [1.29, 1.82) is 0 Å². The number of hydrogen-bond acceptors (Lipinski definition) is 4. The molecule has 0 aliphatic heterocycles. The second-order valence-electron chi connectivity index (χ2n) is 4.43. The summed E-state index contributed by atoms with van der Waals surface area (Å²) in [6.45, 7) is 2.08. The first-order valence-electron chi connectivity index (χ1n) is 6.26. The smallest absolute Gasteiger partial charge is 0.261 e. The van der Waals surface area contributed by atoms with Crippen LogP contribution in [0.2, 0.25) is 0 Å². The molecular formula is C15H17NO3S. The summed E-state index contributed by atoms with van der Waals surface area (Å²) in [6, 6.07) is 9.03. The van der Waals surface area contributed by atoms with Gasteiger partial charge < -0.3 is 15.2 Å². The van der Waals surface area contributed by atoms with Gasteiger partial charge in [-0.15, -0.1) is 11.3 Å². The van der Waals surface area contributed by atoms with E-state index in [4.69, 9.17) is 4.74 Å². The average molecular weight is 291 g/mol. The summed E-state index contributed by atoms with van der Waals surface area (Å²) < 4.78 is 5.06. The summed E-state index contributed by atoms with van der Waals surface area (Å²) in [4.78, 5) is 12.6. The van der Waals surface area contributed by atoms with E-state index >= 15 is 0 Å². The number of ether oxygens (including phenoxy) is 1. The summed E-state index contributed by atoms with van der Waals surface area (Å²) in [5.74, 6) is 0.587. The van der Waals surface area contributed by atoms with Crippen LogP contribution in [0, 0.1) is 6.92 Å². The number of aryl methyl sites for hydroxylation is 1. The molecule has 0 spiro atoms. The standard InChI is InChI=1S/C15H17NO3S/c1-10-7-8-20-14(10)15(18)16-9-13(17)11-3-5-12(19-2)6-4-11/h3-8,13,17H,9H2,1-2H3,(H,16,18). The number of nitrogens with one attached hydrogen (secondary N) is 1. The fourth-order valence-corrected chi connectivity index (χ4v) is 2.66. The summed E-state index contributed by atoms with van der Waals surface area (Å²) >= 11 is 1.40. The molecule has 1 unspecified atom stereocenters. The first-order valence-corrected chi connectivity index (χ1v) is 7.14. The highest BCUT2D eigenvalue weighted by molar-refractivity contribution is 7.12. The summed E-state index contributed by atoms with van der Waals surface area (Å²) in [6.07, 6.45) is -0.731. The van der Waals surface area contributed by atoms with Crippen molar-refractivity contribution in [2.24, 2.45) is 0 Å². The Labute approximate surface area is 122 Å². The van der Waals surface area contributed by atoms with Crippen molar-refractivity contribution in [2.45, 2.75) is 13.0 Å². The third-order valence-corrected chi connectivity index (χ3v) is 4.04. The third kappa shape index (κ3) is 3.37. The maximum Gasteiger partial charge on any atom is 0.261 e. The van der Waals surface area contributed by atoms with Crippen molar-refractivity contribution < 1.29 is 14.6 Å². The first-order chi connectivity index (χ1) is 9.61. The molecule has 1 aromatic carbocycles. The lowest BCUT2D eigenvalue weighted by molar-refractivity contribution is 0.0919. The Kier molecular flexibility index (Phi) is 4.76. The molecular weight excluding hydrogens is 274 g/mol. The number of carbonyl (C=O) groups is 1. The average Bonchev–Trinajstić information content (AvgIpc) is 2.90. The van der Waals surface area contributed by atoms with E-state index in [0.29, 0.717) is 4.88 Å². The lowest BCUT2D eigenvalue weighted by atomic mass is 10.1. The van der Waals surface area contributed by atoms with E-state index in [2.05, 4.69) is 5.32 Å². The van der Waals surface area contributed by atoms with Crippen LogP contribution < -0.4 is 10.1 Å². The van der Waals surface area contributed by atoms with Crippen molar-refractivity contribution in [3.63, 3.8) is 0 Å². The van der Waals surface area contributed by atoms with Gasteiger partial charge in [-0.2, -0.15) is 0 Å². The van der Waals surface area contributed by atoms with E-state index in [1.54, 1.807) is 31.4 Å². The van der Waals surface area contributed by atoms with Crippen molar-refractivity contribution in [3.8, 4) is 5.75 Å². The number of aliphatic hydroxyl groups is 1. The van der Waals surface area contributed by atoms with E-state index in [1.165, 1.54) is 11.3 Å². The molecule has 0 saturated heterocycles. The number of thiophene rings is 1. The van der Waals surface area contributed by atoms with E-state index in [-0.39, 0.29) is 12.5 Å². The number of methoxy groups -OCH3 is 1. The lowest BCUT2D eigenvalue weighted by Gasteiger charge is -2.12. The van der Waals surface area contributed by atoms with Crippen LogP contribution in [-0.4, -0.2) is 24.7 Å². The highest BCUT2D eigenvalue weighted by Crippen LogP contribution is 2.18. The molecule has 2 aromatic rings. The number of rotatable bonds is 5. The molecule has 0 aliphatic rings. The predicted molar refractivity (Wildman–Crippen MR) is 79.3 cm³/mol. The molecule has 1 aromatic heterocycles. The zero-order chi connectivity index (χ0) is 14.5. The van der Waals surface area contributed by atoms with Gasteiger partial charge in [0.2, 0.25) is 0 Å². The van der Waals surface area contributed by atoms with Gasteiger partial charge in [-0.05, 0) is 41.6 Å². The number of aliphatic hydroxyl groups excluding tert-OH is 1. The minimum absolute atomic E-state index is 0.148. The van der Waals surface area contributed by atoms with Gasteiger partial charge in [0.05, 0.1) is 18.1 Å². The minimum atomic E-state index is -0.731. The molecule has 1 atom stereocenters. The molecule has 1 amide bonds. The van der Waals surface area contributed by atoms with Gasteiger partial charge in [0, 0.05) is 6.54 Å². The zero-order valence-electron chi connectivity index (χ0n) is 11.4. The van der Waals surface area contributed by atoms with Gasteiger partial charge in [0.25, 0.3) is 5.91 Å². The Morgan fingerprint density at radius 1 is 1.35 bits per heavy atom. The molecule has 5 heteroatoms. The van der Waals surface area contributed by atoms with Crippen LogP contribution in [0.4, 0.5) is 0 Å². The van der Waals surface area contributed by atoms with Crippen LogP contribution in [0.15, 0.2) is 35.7 Å². The highest BCUT2D eigenvalue weighted by Gasteiger charge is 2.13. The van der Waals surface area contributed by atoms with E-state index in [1.807, 2.05) is 18.4 Å². The molecule has 0 radical (unpaired) electrons. The van der Waals surface area contributed by atoms with Crippen LogP contribution in [0.25, 0.3) is 0 Å². The predicted octanol–water partition coefficient (Wildman–Crippen LogP) is 2.53. The Morgan fingerprint density at radius 2 is 2.05 bits per heavy atom. The number of amides is 1. The summed E-state index contributed by atoms with van der Waals surface area (Å²) in [7, 11) is 1.59. The molecule has 0 saturated carbocycles. The number of carbonyl (C=O) groups excluding carboxylic acids is 1. The molecule has 2 rings (SSSR count). The van der Waals surface area contributed by atoms with Gasteiger partial charge in [-0.1, -0.05) is 12.1 Å². The fourth-order valence-electron chi connectivity index (χ4n) is 1.82. The summed E-state index contributed by atoms with van der Waals surface area (Å²) in [5, 5.41) is 14.7. The largest absolute Gasteiger partial charge is 0.497 e. The van der Waals surface area contributed by atoms with Crippen LogP contribution >= 0.6 is 11.3 Å². The third-order valence-electron chi connectivity index (χ3n) is 3.02. The molecule has 20 heavy (non-hydrogen) atoms. The molecule has 2 N–H and O–H groups in total. The highest BCUT2D eigenvalue weighted by atomic mass is 32.1. The molecule has 0 aliphatic carbocycles. The second-order valence-corrected chi connectivity index (χ2v) is 5.35. The van der Waals surface area contributed by atoms with E-state index in [0.717, 1.165) is 16.9 Å². The van der Waals surface area contributed by atoms with Crippen molar-refractivity contribution in [2.75, 3.05) is 13.7 Å². The van der Waals surface area contributed by atoms with Gasteiger partial charge >= 0.3 is 0 Å². The van der Waals surface area contributed by atoms with Crippen LogP contribution in [0.1, 0.15) is 26.9 Å². The van der Waals surface area contributed by atoms with Crippen molar-refractivity contribution in [3.05, 3.63) is 51.7 Å².